The molecule has 0 fully saturated rings. The highest BCUT2D eigenvalue weighted by Gasteiger charge is 2.18. The lowest BCUT2D eigenvalue weighted by molar-refractivity contribution is 0.134. The highest BCUT2D eigenvalue weighted by Crippen LogP contribution is 2.32. The van der Waals surface area contributed by atoms with Crippen molar-refractivity contribution in [3.8, 4) is 5.75 Å². The molecule has 1 aromatic carbocycles. The van der Waals surface area contributed by atoms with Crippen molar-refractivity contribution >= 4 is 11.3 Å². The van der Waals surface area contributed by atoms with Gasteiger partial charge in [0.25, 0.3) is 0 Å². The molecule has 3 rings (SSSR count). The first-order valence-corrected chi connectivity index (χ1v) is 7.19. The molecule has 2 heterocycles. The minimum absolute atomic E-state index is 0.208. The molecule has 0 aliphatic carbocycles. The van der Waals surface area contributed by atoms with Crippen LogP contribution in [0.1, 0.15) is 27.6 Å². The monoisotopic (exact) mass is 275 g/mol. The smallest absolute Gasteiger partial charge is 0.129 e. The summed E-state index contributed by atoms with van der Waals surface area (Å²) in [7, 11) is 3.69. The number of nitrogens with one attached hydrogen (secondary N) is 1. The average Bonchev–Trinajstić information content (AvgIpc) is 3.07. The predicted octanol–water partition coefficient (Wildman–Crippen LogP) is 3.10. The molecule has 1 unspecified atom stereocenters. The standard InChI is InChI=1S/C15H17NO2S/c1-16-15(14-6-13(17-2)9-19-14)10-3-4-11-7-18-8-12(11)5-10/h3-6,9,15-16H,7-8H2,1-2H3. The van der Waals surface area contributed by atoms with Crippen LogP contribution in [-0.4, -0.2) is 14.2 Å². The Labute approximate surface area is 117 Å². The third-order valence-electron chi connectivity index (χ3n) is 3.48. The first-order valence-electron chi connectivity index (χ1n) is 6.31. The lowest BCUT2D eigenvalue weighted by atomic mass is 10.00. The Kier molecular flexibility index (Phi) is 3.55. The van der Waals surface area contributed by atoms with E-state index in [1.807, 2.05) is 12.4 Å². The third-order valence-corrected chi connectivity index (χ3v) is 4.46. The summed E-state index contributed by atoms with van der Waals surface area (Å²) in [6.45, 7) is 1.47. The van der Waals surface area contributed by atoms with Crippen LogP contribution >= 0.6 is 11.3 Å². The van der Waals surface area contributed by atoms with Gasteiger partial charge in [-0.15, -0.1) is 11.3 Å². The van der Waals surface area contributed by atoms with Crippen LogP contribution in [0.25, 0.3) is 0 Å². The molecule has 0 saturated carbocycles. The first-order chi connectivity index (χ1) is 9.31. The fraction of sp³-hybridized carbons (Fsp3) is 0.333. The normalized spacial score (nSPS) is 15.3. The summed E-state index contributed by atoms with van der Waals surface area (Å²) in [4.78, 5) is 1.26. The summed E-state index contributed by atoms with van der Waals surface area (Å²) < 4.78 is 10.7. The molecule has 1 N–H and O–H groups in total. The molecule has 0 amide bonds. The molecule has 4 heteroatoms. The number of ether oxygens (including phenoxy) is 2. The van der Waals surface area contributed by atoms with Crippen molar-refractivity contribution in [1.82, 2.24) is 5.32 Å². The van der Waals surface area contributed by atoms with E-state index in [-0.39, 0.29) is 6.04 Å². The van der Waals surface area contributed by atoms with Gasteiger partial charge in [-0.05, 0) is 29.8 Å². The van der Waals surface area contributed by atoms with Gasteiger partial charge in [0.15, 0.2) is 0 Å². The van der Waals surface area contributed by atoms with Gasteiger partial charge in [0.2, 0.25) is 0 Å². The van der Waals surface area contributed by atoms with E-state index in [1.165, 1.54) is 21.6 Å². The molecule has 100 valence electrons. The highest BCUT2D eigenvalue weighted by molar-refractivity contribution is 7.10. The lowest BCUT2D eigenvalue weighted by Gasteiger charge is -2.16. The number of benzene rings is 1. The number of rotatable bonds is 4. The van der Waals surface area contributed by atoms with Gasteiger partial charge >= 0.3 is 0 Å². The van der Waals surface area contributed by atoms with Gasteiger partial charge in [0.05, 0.1) is 26.4 Å². The molecule has 1 aliphatic rings. The molecule has 19 heavy (non-hydrogen) atoms. The van der Waals surface area contributed by atoms with Gasteiger partial charge < -0.3 is 14.8 Å². The van der Waals surface area contributed by atoms with Gasteiger partial charge in [0.1, 0.15) is 5.75 Å². The molecule has 1 aromatic heterocycles. The molecule has 1 aliphatic heterocycles. The van der Waals surface area contributed by atoms with Crippen molar-refractivity contribution in [2.24, 2.45) is 0 Å². The quantitative estimate of drug-likeness (QED) is 0.930. The van der Waals surface area contributed by atoms with E-state index < -0.39 is 0 Å². The topological polar surface area (TPSA) is 30.5 Å². The van der Waals surface area contributed by atoms with Crippen molar-refractivity contribution in [3.63, 3.8) is 0 Å². The number of hydrogen-bond donors (Lipinski definition) is 1. The second-order valence-corrected chi connectivity index (χ2v) is 5.57. The van der Waals surface area contributed by atoms with Crippen LogP contribution in [0.3, 0.4) is 0 Å². The number of methoxy groups -OCH3 is 1. The van der Waals surface area contributed by atoms with Crippen molar-refractivity contribution in [3.05, 3.63) is 51.2 Å². The molecule has 0 spiro atoms. The Bertz CT molecular complexity index is 579. The van der Waals surface area contributed by atoms with Crippen LogP contribution < -0.4 is 10.1 Å². The predicted molar refractivity (Wildman–Crippen MR) is 76.7 cm³/mol. The number of hydrogen-bond acceptors (Lipinski definition) is 4. The summed E-state index contributed by atoms with van der Waals surface area (Å²) in [5, 5.41) is 5.42. The Balaban J connectivity index is 1.93. The minimum atomic E-state index is 0.208. The van der Waals surface area contributed by atoms with Gasteiger partial charge in [-0.1, -0.05) is 18.2 Å². The van der Waals surface area contributed by atoms with Gasteiger partial charge in [-0.3, -0.25) is 0 Å². The summed E-state index contributed by atoms with van der Waals surface area (Å²) >= 11 is 1.72. The van der Waals surface area contributed by atoms with Crippen LogP contribution in [-0.2, 0) is 18.0 Å². The number of thiophene rings is 1. The van der Waals surface area contributed by atoms with Crippen LogP contribution in [0, 0.1) is 0 Å². The zero-order chi connectivity index (χ0) is 13.2. The first kappa shape index (κ1) is 12.7. The molecule has 0 radical (unpaired) electrons. The molecule has 0 saturated heterocycles. The van der Waals surface area contributed by atoms with Crippen molar-refractivity contribution in [2.75, 3.05) is 14.2 Å². The van der Waals surface area contributed by atoms with E-state index in [0.29, 0.717) is 0 Å². The second kappa shape index (κ2) is 5.33. The number of fused-ring (bicyclic) bond motifs is 1. The minimum Gasteiger partial charge on any atom is -0.496 e. The molecular formula is C15H17NO2S. The largest absolute Gasteiger partial charge is 0.496 e. The Morgan fingerprint density at radius 2 is 2.11 bits per heavy atom. The van der Waals surface area contributed by atoms with Gasteiger partial charge in [0, 0.05) is 10.3 Å². The van der Waals surface area contributed by atoms with Crippen molar-refractivity contribution in [1.29, 1.82) is 0 Å². The van der Waals surface area contributed by atoms with E-state index in [2.05, 4.69) is 29.6 Å². The maximum atomic E-state index is 5.47. The van der Waals surface area contributed by atoms with Gasteiger partial charge in [-0.2, -0.15) is 0 Å². The summed E-state index contributed by atoms with van der Waals surface area (Å²) in [6, 6.07) is 8.90. The SMILES string of the molecule is CNC(c1ccc2c(c1)COC2)c1cc(OC)cs1. The third kappa shape index (κ3) is 2.39. The fourth-order valence-corrected chi connectivity index (χ4v) is 3.43. The second-order valence-electron chi connectivity index (χ2n) is 4.63. The Hall–Kier alpha value is -1.36. The maximum absolute atomic E-state index is 5.47. The molecule has 1 atom stereocenters. The van der Waals surface area contributed by atoms with Crippen LogP contribution in [0.5, 0.6) is 5.75 Å². The van der Waals surface area contributed by atoms with E-state index >= 15 is 0 Å². The molecule has 3 nitrogen and oxygen atoms in total. The summed E-state index contributed by atoms with van der Waals surface area (Å²) in [5.41, 5.74) is 3.89. The maximum Gasteiger partial charge on any atom is 0.129 e. The average molecular weight is 275 g/mol. The fourth-order valence-electron chi connectivity index (χ4n) is 2.44. The van der Waals surface area contributed by atoms with Gasteiger partial charge in [-0.25, -0.2) is 0 Å². The zero-order valence-corrected chi connectivity index (χ0v) is 11.9. The van der Waals surface area contributed by atoms with Crippen molar-refractivity contribution < 1.29 is 9.47 Å². The van der Waals surface area contributed by atoms with Crippen LogP contribution in [0.2, 0.25) is 0 Å². The Morgan fingerprint density at radius 1 is 1.26 bits per heavy atom. The molecular weight excluding hydrogens is 258 g/mol. The van der Waals surface area contributed by atoms with E-state index in [0.717, 1.165) is 19.0 Å². The summed E-state index contributed by atoms with van der Waals surface area (Å²) in [6.07, 6.45) is 0. The van der Waals surface area contributed by atoms with Crippen molar-refractivity contribution in [2.45, 2.75) is 19.3 Å². The highest BCUT2D eigenvalue weighted by atomic mass is 32.1. The van der Waals surface area contributed by atoms with Crippen LogP contribution in [0.15, 0.2) is 29.6 Å². The summed E-state index contributed by atoms with van der Waals surface area (Å²) in [5.74, 6) is 0.921. The lowest BCUT2D eigenvalue weighted by Crippen LogP contribution is -2.16. The van der Waals surface area contributed by atoms with E-state index in [1.54, 1.807) is 18.4 Å². The van der Waals surface area contributed by atoms with E-state index in [9.17, 15) is 0 Å². The molecule has 2 aromatic rings. The van der Waals surface area contributed by atoms with Crippen LogP contribution in [0.4, 0.5) is 0 Å². The zero-order valence-electron chi connectivity index (χ0n) is 11.1. The Morgan fingerprint density at radius 3 is 2.84 bits per heavy atom. The van der Waals surface area contributed by atoms with E-state index in [4.69, 9.17) is 9.47 Å². The molecule has 0 bridgehead atoms.